The number of nitrogens with one attached hydrogen (secondary N) is 2. The molecule has 0 bridgehead atoms. The summed E-state index contributed by atoms with van der Waals surface area (Å²) in [6.45, 7) is 3.24. The third-order valence-electron chi connectivity index (χ3n) is 3.54. The number of hydrogen-bond acceptors (Lipinski definition) is 4. The van der Waals surface area contributed by atoms with Crippen molar-refractivity contribution < 1.29 is 23.9 Å². The Balaban J connectivity index is 1.96. The number of amides is 2. The molecule has 0 heterocycles. The molecular formula is C18H23N2O5P. The van der Waals surface area contributed by atoms with Gasteiger partial charge in [0.05, 0.1) is 18.5 Å². The average Bonchev–Trinajstić information content (AvgIpc) is 2.61. The second-order valence-electron chi connectivity index (χ2n) is 6.61. The normalized spacial score (nSPS) is 13.7. The first-order valence-corrected chi connectivity index (χ1v) is 9.61. The Hall–Kier alpha value is -2.18. The number of rotatable bonds is 7. The molecule has 4 N–H and O–H groups in total. The minimum Gasteiger partial charge on any atom is -0.396 e. The number of benzene rings is 2. The monoisotopic (exact) mass is 378 g/mol. The number of carbonyl (C=O) groups excluding carboxylic acids is 1. The molecule has 0 aliphatic carbocycles. The van der Waals surface area contributed by atoms with Crippen LogP contribution >= 0.6 is 7.60 Å². The second kappa shape index (κ2) is 8.47. The van der Waals surface area contributed by atoms with Crippen molar-refractivity contribution in [3.05, 3.63) is 54.6 Å². The first kappa shape index (κ1) is 20.1. The smallest absolute Gasteiger partial charge is 0.358 e. The number of hydrogen-bond donors (Lipinski definition) is 4. The summed E-state index contributed by atoms with van der Waals surface area (Å²) in [5, 5.41) is 14.6. The summed E-state index contributed by atoms with van der Waals surface area (Å²) in [6.07, 6.45) is 0. The number of aliphatic hydroxyl groups excluding tert-OH is 1. The van der Waals surface area contributed by atoms with Crippen LogP contribution in [0.3, 0.4) is 0 Å². The van der Waals surface area contributed by atoms with Crippen molar-refractivity contribution in [3.63, 3.8) is 0 Å². The maximum atomic E-state index is 12.3. The van der Waals surface area contributed by atoms with E-state index >= 15 is 0 Å². The van der Waals surface area contributed by atoms with Crippen molar-refractivity contribution in [3.8, 4) is 0 Å². The predicted molar refractivity (Wildman–Crippen MR) is 102 cm³/mol. The lowest BCUT2D eigenvalue weighted by atomic mass is 9.97. The van der Waals surface area contributed by atoms with Crippen molar-refractivity contribution in [1.29, 1.82) is 0 Å². The minimum absolute atomic E-state index is 0.0588. The van der Waals surface area contributed by atoms with Crippen molar-refractivity contribution in [2.75, 3.05) is 23.8 Å². The molecule has 2 aromatic carbocycles. The lowest BCUT2D eigenvalue weighted by Gasteiger charge is -2.23. The first-order chi connectivity index (χ1) is 12.2. The van der Waals surface area contributed by atoms with Gasteiger partial charge in [-0.3, -0.25) is 4.57 Å². The van der Waals surface area contributed by atoms with E-state index in [1.54, 1.807) is 38.1 Å². The van der Waals surface area contributed by atoms with Crippen LogP contribution in [0.4, 0.5) is 16.2 Å². The fraction of sp³-hybridized carbons (Fsp3) is 0.278. The Bertz CT molecular complexity index is 778. The van der Waals surface area contributed by atoms with Gasteiger partial charge in [0.15, 0.2) is 0 Å². The molecule has 0 aromatic heterocycles. The summed E-state index contributed by atoms with van der Waals surface area (Å²) < 4.78 is 17.4. The van der Waals surface area contributed by atoms with Gasteiger partial charge >= 0.3 is 13.6 Å². The summed E-state index contributed by atoms with van der Waals surface area (Å²) in [5.41, 5.74) is 0.509. The molecule has 0 spiro atoms. The van der Waals surface area contributed by atoms with Crippen LogP contribution in [-0.4, -0.2) is 29.2 Å². The third-order valence-corrected chi connectivity index (χ3v) is 4.97. The van der Waals surface area contributed by atoms with Crippen LogP contribution < -0.4 is 15.9 Å². The molecule has 8 heteroatoms. The zero-order valence-corrected chi connectivity index (χ0v) is 15.6. The largest absolute Gasteiger partial charge is 0.396 e. The van der Waals surface area contributed by atoms with Crippen molar-refractivity contribution in [2.24, 2.45) is 5.41 Å². The average molecular weight is 378 g/mol. The van der Waals surface area contributed by atoms with Crippen LogP contribution in [-0.2, 0) is 9.09 Å². The zero-order valence-electron chi connectivity index (χ0n) is 14.7. The molecule has 140 valence electrons. The maximum Gasteiger partial charge on any atom is 0.358 e. The maximum absolute atomic E-state index is 12.3. The van der Waals surface area contributed by atoms with Crippen LogP contribution in [0.5, 0.6) is 0 Å². The Labute approximate surface area is 152 Å². The Morgan fingerprint density at radius 3 is 2.12 bits per heavy atom. The van der Waals surface area contributed by atoms with Crippen LogP contribution in [0.15, 0.2) is 54.6 Å². The van der Waals surface area contributed by atoms with E-state index in [1.807, 2.05) is 6.07 Å². The van der Waals surface area contributed by atoms with Gasteiger partial charge < -0.3 is 25.2 Å². The van der Waals surface area contributed by atoms with Gasteiger partial charge in [-0.15, -0.1) is 0 Å². The lowest BCUT2D eigenvalue weighted by Crippen LogP contribution is -2.24. The van der Waals surface area contributed by atoms with Gasteiger partial charge in [-0.25, -0.2) is 4.79 Å². The van der Waals surface area contributed by atoms with Gasteiger partial charge in [-0.2, -0.15) is 0 Å². The SMILES string of the molecule is CC(C)(CO)COP(=O)(O)c1ccc(NC(=O)Nc2ccccc2)cc1. The summed E-state index contributed by atoms with van der Waals surface area (Å²) in [5.74, 6) is 0. The van der Waals surface area contributed by atoms with E-state index in [-0.39, 0.29) is 18.5 Å². The minimum atomic E-state index is -4.00. The van der Waals surface area contributed by atoms with Gasteiger partial charge in [-0.1, -0.05) is 32.0 Å². The molecule has 7 nitrogen and oxygen atoms in total. The Morgan fingerprint density at radius 1 is 1.04 bits per heavy atom. The molecule has 2 amide bonds. The summed E-state index contributed by atoms with van der Waals surface area (Å²) in [7, 11) is -4.00. The van der Waals surface area contributed by atoms with Crippen molar-refractivity contribution in [2.45, 2.75) is 13.8 Å². The van der Waals surface area contributed by atoms with E-state index in [1.165, 1.54) is 24.3 Å². The Kier molecular flexibility index (Phi) is 6.56. The predicted octanol–water partition coefficient (Wildman–Crippen LogP) is 3.18. The summed E-state index contributed by atoms with van der Waals surface area (Å²) in [6, 6.07) is 14.4. The van der Waals surface area contributed by atoms with E-state index in [0.717, 1.165) is 0 Å². The number of carbonyl (C=O) groups is 1. The number of urea groups is 1. The first-order valence-electron chi connectivity index (χ1n) is 8.04. The molecule has 1 unspecified atom stereocenters. The summed E-state index contributed by atoms with van der Waals surface area (Å²) in [4.78, 5) is 22.0. The molecule has 0 saturated heterocycles. The van der Waals surface area contributed by atoms with E-state index in [4.69, 9.17) is 4.52 Å². The second-order valence-corrected chi connectivity index (χ2v) is 8.42. The van der Waals surface area contributed by atoms with Gasteiger partial charge in [0.1, 0.15) is 0 Å². The van der Waals surface area contributed by atoms with E-state index < -0.39 is 19.0 Å². The molecule has 0 fully saturated rings. The molecule has 0 aliphatic rings. The van der Waals surface area contributed by atoms with Gasteiger partial charge in [0, 0.05) is 16.8 Å². The highest BCUT2D eigenvalue weighted by Crippen LogP contribution is 2.42. The lowest BCUT2D eigenvalue weighted by molar-refractivity contribution is 0.0926. The highest BCUT2D eigenvalue weighted by molar-refractivity contribution is 7.61. The molecular weight excluding hydrogens is 355 g/mol. The Morgan fingerprint density at radius 2 is 1.58 bits per heavy atom. The molecule has 0 radical (unpaired) electrons. The third kappa shape index (κ3) is 5.97. The summed E-state index contributed by atoms with van der Waals surface area (Å²) >= 11 is 0. The fourth-order valence-electron chi connectivity index (χ4n) is 1.93. The molecule has 2 aromatic rings. The number of para-hydroxylation sites is 1. The molecule has 26 heavy (non-hydrogen) atoms. The van der Waals surface area contributed by atoms with E-state index in [0.29, 0.717) is 11.4 Å². The molecule has 0 saturated carbocycles. The van der Waals surface area contributed by atoms with Crippen LogP contribution in [0.2, 0.25) is 0 Å². The van der Waals surface area contributed by atoms with E-state index in [2.05, 4.69) is 10.6 Å². The standard InChI is InChI=1S/C18H23N2O5P/c1-18(2,12-21)13-25-26(23,24)16-10-8-15(9-11-16)20-17(22)19-14-6-4-3-5-7-14/h3-11,21H,12-13H2,1-2H3,(H,23,24)(H2,19,20,22). The van der Waals surface area contributed by atoms with Crippen LogP contribution in [0.1, 0.15) is 13.8 Å². The van der Waals surface area contributed by atoms with Gasteiger partial charge in [0.2, 0.25) is 0 Å². The topological polar surface area (TPSA) is 108 Å². The van der Waals surface area contributed by atoms with Crippen molar-refractivity contribution >= 4 is 30.3 Å². The number of aliphatic hydroxyl groups is 1. The van der Waals surface area contributed by atoms with Crippen LogP contribution in [0, 0.1) is 5.41 Å². The highest BCUT2D eigenvalue weighted by atomic mass is 31.2. The molecule has 1 atom stereocenters. The van der Waals surface area contributed by atoms with Crippen molar-refractivity contribution in [1.82, 2.24) is 0 Å². The fourth-order valence-corrected chi connectivity index (χ4v) is 3.13. The zero-order chi connectivity index (χ0) is 19.2. The van der Waals surface area contributed by atoms with Crippen LogP contribution in [0.25, 0.3) is 0 Å². The van der Waals surface area contributed by atoms with Gasteiger partial charge in [0.25, 0.3) is 0 Å². The van der Waals surface area contributed by atoms with Gasteiger partial charge in [-0.05, 0) is 36.4 Å². The molecule has 2 rings (SSSR count). The molecule has 0 aliphatic heterocycles. The van der Waals surface area contributed by atoms with E-state index in [9.17, 15) is 19.4 Å². The number of anilines is 2. The quantitative estimate of drug-likeness (QED) is 0.554. The highest BCUT2D eigenvalue weighted by Gasteiger charge is 2.27.